The molecule has 0 bridgehead atoms. The molecule has 2 aromatic rings. The molecule has 2 aromatic carbocycles. The Hall–Kier alpha value is -3.81. The average Bonchev–Trinajstić information content (AvgIpc) is 3.26. The van der Waals surface area contributed by atoms with Crippen molar-refractivity contribution < 1.29 is 28.2 Å². The van der Waals surface area contributed by atoms with Crippen molar-refractivity contribution in [3.8, 4) is 11.5 Å². The summed E-state index contributed by atoms with van der Waals surface area (Å²) in [7, 11) is 0. The molecule has 2 N–H and O–H groups in total. The first-order valence-corrected chi connectivity index (χ1v) is 11.6. The van der Waals surface area contributed by atoms with E-state index >= 15 is 0 Å². The number of esters is 1. The first-order valence-electron chi connectivity index (χ1n) is 11.6. The van der Waals surface area contributed by atoms with E-state index in [1.807, 2.05) is 19.9 Å². The van der Waals surface area contributed by atoms with Gasteiger partial charge in [-0.1, -0.05) is 19.9 Å². The summed E-state index contributed by atoms with van der Waals surface area (Å²) in [5.74, 6) is -0.523. The van der Waals surface area contributed by atoms with E-state index in [9.17, 15) is 14.0 Å². The van der Waals surface area contributed by atoms with Crippen LogP contribution < -0.4 is 20.1 Å². The summed E-state index contributed by atoms with van der Waals surface area (Å²) >= 11 is 0. The third kappa shape index (κ3) is 3.92. The third-order valence-electron chi connectivity index (χ3n) is 6.57. The van der Waals surface area contributed by atoms with Gasteiger partial charge in [-0.2, -0.15) is 0 Å². The molecule has 1 atom stereocenters. The van der Waals surface area contributed by atoms with Crippen LogP contribution in [0.4, 0.5) is 10.1 Å². The molecule has 0 saturated heterocycles. The van der Waals surface area contributed by atoms with Gasteiger partial charge in [0.1, 0.15) is 11.6 Å². The van der Waals surface area contributed by atoms with Crippen LogP contribution in [-0.4, -0.2) is 25.2 Å². The molecule has 8 heteroatoms. The molecule has 0 aromatic heterocycles. The lowest BCUT2D eigenvalue weighted by Crippen LogP contribution is -2.43. The number of carbonyl (C=O) groups excluding carboxylic acids is 2. The van der Waals surface area contributed by atoms with Crippen molar-refractivity contribution >= 4 is 17.4 Å². The molecule has 3 aliphatic rings. The fourth-order valence-corrected chi connectivity index (χ4v) is 5.13. The maximum absolute atomic E-state index is 13.7. The number of carbonyl (C=O) groups is 2. The van der Waals surface area contributed by atoms with Crippen molar-refractivity contribution in [2.24, 2.45) is 11.1 Å². The van der Waals surface area contributed by atoms with Crippen molar-refractivity contribution in [3.63, 3.8) is 0 Å². The minimum absolute atomic E-state index is 0.0691. The van der Waals surface area contributed by atoms with Gasteiger partial charge in [0.15, 0.2) is 17.3 Å². The Labute approximate surface area is 202 Å². The highest BCUT2D eigenvalue weighted by Crippen LogP contribution is 2.51. The van der Waals surface area contributed by atoms with Crippen molar-refractivity contribution in [3.05, 3.63) is 76.5 Å². The Morgan fingerprint density at radius 2 is 1.86 bits per heavy atom. The van der Waals surface area contributed by atoms with E-state index in [0.717, 1.165) is 0 Å². The molecule has 182 valence electrons. The Kier molecular flexibility index (Phi) is 5.54. The Bertz CT molecular complexity index is 1280. The molecule has 0 radical (unpaired) electrons. The number of nitrogens with two attached hydrogens (primary N) is 1. The van der Waals surface area contributed by atoms with Gasteiger partial charge in [-0.05, 0) is 60.7 Å². The molecular formula is C27H27FN2O5. The number of ether oxygens (including phenoxy) is 3. The predicted octanol–water partition coefficient (Wildman–Crippen LogP) is 4.53. The number of benzene rings is 2. The number of ketones is 1. The van der Waals surface area contributed by atoms with Crippen LogP contribution in [0.5, 0.6) is 11.5 Å². The molecular weight excluding hydrogens is 451 g/mol. The van der Waals surface area contributed by atoms with E-state index in [2.05, 4.69) is 0 Å². The van der Waals surface area contributed by atoms with Gasteiger partial charge in [0.05, 0.1) is 18.1 Å². The maximum atomic E-state index is 13.7. The molecule has 0 unspecified atom stereocenters. The summed E-state index contributed by atoms with van der Waals surface area (Å²) in [6, 6.07) is 11.2. The average molecular weight is 479 g/mol. The lowest BCUT2D eigenvalue weighted by molar-refractivity contribution is -0.138. The second-order valence-electron chi connectivity index (χ2n) is 9.68. The van der Waals surface area contributed by atoms with E-state index in [1.165, 1.54) is 12.1 Å². The zero-order valence-electron chi connectivity index (χ0n) is 19.9. The summed E-state index contributed by atoms with van der Waals surface area (Å²) in [5, 5.41) is 0. The van der Waals surface area contributed by atoms with Crippen LogP contribution in [0.1, 0.15) is 45.1 Å². The standard InChI is InChI=1S/C27H27FN2O5/c1-4-33-26(32)24-22(15-5-10-20-21(11-15)35-14-34-20)23-18(12-27(2,3)13-19(23)31)30(25(24)29)17-8-6-16(28)7-9-17/h5-11,22H,4,12-14,29H2,1-3H3/t22-/m1/s1. The number of allylic oxidation sites excluding steroid dienone is 2. The van der Waals surface area contributed by atoms with Crippen LogP contribution in [0.25, 0.3) is 0 Å². The molecule has 0 spiro atoms. The highest BCUT2D eigenvalue weighted by molar-refractivity contribution is 6.05. The number of hydrogen-bond acceptors (Lipinski definition) is 7. The van der Waals surface area contributed by atoms with Crippen LogP contribution in [0, 0.1) is 11.2 Å². The highest BCUT2D eigenvalue weighted by Gasteiger charge is 2.46. The van der Waals surface area contributed by atoms with Crippen LogP contribution in [0.15, 0.2) is 65.1 Å². The van der Waals surface area contributed by atoms with Crippen LogP contribution in [0.2, 0.25) is 0 Å². The Morgan fingerprint density at radius 3 is 2.57 bits per heavy atom. The lowest BCUT2D eigenvalue weighted by Gasteiger charge is -2.44. The normalized spacial score (nSPS) is 20.7. The van der Waals surface area contributed by atoms with E-state index in [-0.39, 0.29) is 36.0 Å². The summed E-state index contributed by atoms with van der Waals surface area (Å²) in [6.07, 6.45) is 0.865. The molecule has 7 nitrogen and oxygen atoms in total. The van der Waals surface area contributed by atoms with Crippen molar-refractivity contribution in [2.75, 3.05) is 18.3 Å². The van der Waals surface area contributed by atoms with Crippen molar-refractivity contribution in [1.29, 1.82) is 0 Å². The Balaban J connectivity index is 1.77. The fourth-order valence-electron chi connectivity index (χ4n) is 5.13. The minimum atomic E-state index is -0.737. The monoisotopic (exact) mass is 478 g/mol. The smallest absolute Gasteiger partial charge is 0.338 e. The number of nitrogens with zero attached hydrogens (tertiary/aromatic N) is 1. The molecule has 1 aliphatic carbocycles. The number of Topliss-reactive ketones (excluding diaryl/α,β-unsaturated/α-hetero) is 1. The number of rotatable bonds is 4. The second-order valence-corrected chi connectivity index (χ2v) is 9.68. The maximum Gasteiger partial charge on any atom is 0.338 e. The Morgan fingerprint density at radius 1 is 1.14 bits per heavy atom. The first-order chi connectivity index (χ1) is 16.7. The van der Waals surface area contributed by atoms with Crippen LogP contribution in [0.3, 0.4) is 0 Å². The lowest BCUT2D eigenvalue weighted by atomic mass is 9.68. The van der Waals surface area contributed by atoms with Gasteiger partial charge in [-0.3, -0.25) is 9.69 Å². The summed E-state index contributed by atoms with van der Waals surface area (Å²) < 4.78 is 30.2. The molecule has 0 amide bonds. The van der Waals surface area contributed by atoms with Crippen molar-refractivity contribution in [2.45, 2.75) is 39.5 Å². The topological polar surface area (TPSA) is 91.1 Å². The first kappa shape index (κ1) is 23.0. The van der Waals surface area contributed by atoms with Gasteiger partial charge in [0, 0.05) is 23.4 Å². The summed E-state index contributed by atoms with van der Waals surface area (Å²) in [5.41, 5.74) is 8.99. The molecule has 0 saturated carbocycles. The van der Waals surface area contributed by atoms with E-state index in [0.29, 0.717) is 46.9 Å². The molecule has 5 rings (SSSR count). The number of anilines is 1. The zero-order valence-corrected chi connectivity index (χ0v) is 19.9. The largest absolute Gasteiger partial charge is 0.463 e. The van der Waals surface area contributed by atoms with Crippen LogP contribution >= 0.6 is 0 Å². The van der Waals surface area contributed by atoms with Crippen molar-refractivity contribution in [1.82, 2.24) is 0 Å². The minimum Gasteiger partial charge on any atom is -0.463 e. The van der Waals surface area contributed by atoms with E-state index in [4.69, 9.17) is 19.9 Å². The van der Waals surface area contributed by atoms with Gasteiger partial charge in [0.2, 0.25) is 6.79 Å². The van der Waals surface area contributed by atoms with Gasteiger partial charge >= 0.3 is 5.97 Å². The molecule has 0 fully saturated rings. The zero-order chi connectivity index (χ0) is 24.9. The number of halogens is 1. The predicted molar refractivity (Wildman–Crippen MR) is 127 cm³/mol. The number of hydrogen-bond donors (Lipinski definition) is 1. The second kappa shape index (κ2) is 8.45. The summed E-state index contributed by atoms with van der Waals surface area (Å²) in [6.45, 7) is 6.00. The number of fused-ring (bicyclic) bond motifs is 1. The highest BCUT2D eigenvalue weighted by atomic mass is 19.1. The van der Waals surface area contributed by atoms with E-state index in [1.54, 1.807) is 36.1 Å². The molecule has 2 heterocycles. The van der Waals surface area contributed by atoms with E-state index < -0.39 is 17.7 Å². The van der Waals surface area contributed by atoms with Crippen LogP contribution in [-0.2, 0) is 14.3 Å². The van der Waals surface area contributed by atoms with Gasteiger partial charge in [-0.15, -0.1) is 0 Å². The summed E-state index contributed by atoms with van der Waals surface area (Å²) in [4.78, 5) is 28.7. The third-order valence-corrected chi connectivity index (χ3v) is 6.57. The van der Waals surface area contributed by atoms with Gasteiger partial charge < -0.3 is 19.9 Å². The molecule has 2 aliphatic heterocycles. The van der Waals surface area contributed by atoms with Gasteiger partial charge in [0.25, 0.3) is 0 Å². The SMILES string of the molecule is CCOC(=O)C1=C(N)N(c2ccc(F)cc2)C2=C(C(=O)CC(C)(C)C2)[C@H]1c1ccc2c(c1)OCO2. The molecule has 35 heavy (non-hydrogen) atoms. The fraction of sp³-hybridized carbons (Fsp3) is 0.333. The quantitative estimate of drug-likeness (QED) is 0.646. The van der Waals surface area contributed by atoms with Gasteiger partial charge in [-0.25, -0.2) is 9.18 Å².